The van der Waals surface area contributed by atoms with E-state index in [1.165, 1.54) is 31.4 Å². The van der Waals surface area contributed by atoms with Crippen LogP contribution >= 0.6 is 17.0 Å². The van der Waals surface area contributed by atoms with Gasteiger partial charge in [-0.05, 0) is 30.7 Å². The summed E-state index contributed by atoms with van der Waals surface area (Å²) >= 11 is 0. The zero-order chi connectivity index (χ0) is 13.5. The third-order valence-corrected chi connectivity index (χ3v) is 3.49. The van der Waals surface area contributed by atoms with Gasteiger partial charge in [-0.25, -0.2) is 0 Å². The Morgan fingerprint density at radius 3 is 2.45 bits per heavy atom. The fourth-order valence-electron chi connectivity index (χ4n) is 2.29. The number of nitrogens with zero attached hydrogens (tertiary/aromatic N) is 2. The molecule has 0 bridgehead atoms. The lowest BCUT2D eigenvalue weighted by molar-refractivity contribution is 0.389. The van der Waals surface area contributed by atoms with Crippen LogP contribution < -0.4 is 9.64 Å². The molecule has 20 heavy (non-hydrogen) atoms. The average molecular weight is 341 g/mol. The van der Waals surface area contributed by atoms with Crippen molar-refractivity contribution < 1.29 is 4.74 Å². The van der Waals surface area contributed by atoms with E-state index in [-0.39, 0.29) is 17.0 Å². The van der Waals surface area contributed by atoms with Gasteiger partial charge >= 0.3 is 0 Å². The monoisotopic (exact) mass is 340 g/mol. The first-order valence-electron chi connectivity index (χ1n) is 7.16. The predicted molar refractivity (Wildman–Crippen MR) is 90.7 cm³/mol. The van der Waals surface area contributed by atoms with Crippen molar-refractivity contribution in [3.63, 3.8) is 0 Å². The van der Waals surface area contributed by atoms with Gasteiger partial charge < -0.3 is 14.5 Å². The summed E-state index contributed by atoms with van der Waals surface area (Å²) in [4.78, 5) is 4.64. The normalized spacial score (nSPS) is 13.5. The molecular weight excluding hydrogens is 316 g/mol. The maximum Gasteiger partial charge on any atom is 0.119 e. The molecule has 1 heterocycles. The summed E-state index contributed by atoms with van der Waals surface area (Å²) in [7, 11) is 1.70. The molecule has 4 heteroatoms. The van der Waals surface area contributed by atoms with Crippen LogP contribution in [0.25, 0.3) is 0 Å². The molecular formula is C16H25BrN2O. The lowest BCUT2D eigenvalue weighted by Crippen LogP contribution is -2.25. The minimum absolute atomic E-state index is 0. The minimum Gasteiger partial charge on any atom is -0.497 e. The summed E-state index contributed by atoms with van der Waals surface area (Å²) in [5.74, 6) is 0.906. The van der Waals surface area contributed by atoms with Crippen molar-refractivity contribution in [1.82, 2.24) is 4.90 Å². The number of hydrogen-bond acceptors (Lipinski definition) is 3. The highest BCUT2D eigenvalue weighted by molar-refractivity contribution is 8.93. The van der Waals surface area contributed by atoms with E-state index in [0.717, 1.165) is 19.0 Å². The van der Waals surface area contributed by atoms with Gasteiger partial charge in [0.25, 0.3) is 0 Å². The van der Waals surface area contributed by atoms with Crippen molar-refractivity contribution in [2.45, 2.75) is 32.6 Å². The van der Waals surface area contributed by atoms with E-state index in [4.69, 9.17) is 4.74 Å². The smallest absolute Gasteiger partial charge is 0.119 e. The van der Waals surface area contributed by atoms with Crippen molar-refractivity contribution in [1.29, 1.82) is 0 Å². The molecule has 2 rings (SSSR count). The average Bonchev–Trinajstić information content (AvgIpc) is 2.92. The number of benzene rings is 1. The van der Waals surface area contributed by atoms with E-state index >= 15 is 0 Å². The number of halogens is 1. The molecule has 0 radical (unpaired) electrons. The van der Waals surface area contributed by atoms with Gasteiger partial charge in [-0.15, -0.1) is 17.0 Å². The Kier molecular flexibility index (Phi) is 7.52. The number of methoxy groups -OCH3 is 1. The van der Waals surface area contributed by atoms with Crippen molar-refractivity contribution in [2.24, 2.45) is 0 Å². The first-order chi connectivity index (χ1) is 9.33. The van der Waals surface area contributed by atoms with Crippen LogP contribution in [0.3, 0.4) is 0 Å². The van der Waals surface area contributed by atoms with E-state index in [1.54, 1.807) is 7.11 Å². The summed E-state index contributed by atoms with van der Waals surface area (Å²) in [6, 6.07) is 8.22. The Labute approximate surface area is 133 Å². The molecule has 0 amide bonds. The van der Waals surface area contributed by atoms with Gasteiger partial charge in [0, 0.05) is 24.6 Å². The Morgan fingerprint density at radius 1 is 1.05 bits per heavy atom. The standard InChI is InChI=1S/C16H24N2O.BrH/c1-3-4-5-6-11-17-12-13-18(14-17)15-7-9-16(19-2)10-8-15;/h7-10,12-13H,3-6,11,14H2,1-2H3;1H. The van der Waals surface area contributed by atoms with E-state index < -0.39 is 0 Å². The topological polar surface area (TPSA) is 15.7 Å². The van der Waals surface area contributed by atoms with Gasteiger partial charge in [-0.1, -0.05) is 26.2 Å². The number of ether oxygens (including phenoxy) is 1. The molecule has 0 spiro atoms. The predicted octanol–water partition coefficient (Wildman–Crippen LogP) is 4.40. The van der Waals surface area contributed by atoms with Crippen LogP contribution in [0.2, 0.25) is 0 Å². The molecule has 0 aliphatic carbocycles. The summed E-state index contributed by atoms with van der Waals surface area (Å²) in [6.45, 7) is 4.36. The van der Waals surface area contributed by atoms with Gasteiger partial charge in [0.1, 0.15) is 5.75 Å². The second-order valence-electron chi connectivity index (χ2n) is 4.98. The Bertz CT molecular complexity index is 405. The molecule has 1 aromatic rings. The van der Waals surface area contributed by atoms with Crippen molar-refractivity contribution >= 4 is 22.7 Å². The van der Waals surface area contributed by atoms with Crippen LogP contribution in [0, 0.1) is 0 Å². The van der Waals surface area contributed by atoms with Crippen LogP contribution in [0.5, 0.6) is 5.75 Å². The van der Waals surface area contributed by atoms with Gasteiger partial charge in [0.2, 0.25) is 0 Å². The maximum atomic E-state index is 5.18. The molecule has 0 saturated carbocycles. The maximum absolute atomic E-state index is 5.18. The van der Waals surface area contributed by atoms with Crippen molar-refractivity contribution in [2.75, 3.05) is 25.2 Å². The molecule has 1 aliphatic heterocycles. The number of rotatable bonds is 7. The summed E-state index contributed by atoms with van der Waals surface area (Å²) in [6.07, 6.45) is 9.61. The summed E-state index contributed by atoms with van der Waals surface area (Å²) in [5, 5.41) is 0. The van der Waals surface area contributed by atoms with E-state index in [9.17, 15) is 0 Å². The minimum atomic E-state index is 0. The van der Waals surface area contributed by atoms with Crippen LogP contribution in [0.4, 0.5) is 5.69 Å². The van der Waals surface area contributed by atoms with E-state index in [0.29, 0.717) is 0 Å². The number of anilines is 1. The molecule has 0 aromatic heterocycles. The molecule has 0 atom stereocenters. The van der Waals surface area contributed by atoms with Gasteiger partial charge in [0.05, 0.1) is 13.8 Å². The molecule has 0 N–H and O–H groups in total. The summed E-state index contributed by atoms with van der Waals surface area (Å²) < 4.78 is 5.18. The van der Waals surface area contributed by atoms with E-state index in [2.05, 4.69) is 41.3 Å². The van der Waals surface area contributed by atoms with Gasteiger partial charge in [-0.2, -0.15) is 0 Å². The van der Waals surface area contributed by atoms with E-state index in [1.807, 2.05) is 12.1 Å². The Hall–Kier alpha value is -1.16. The molecule has 0 unspecified atom stereocenters. The van der Waals surface area contributed by atoms with Gasteiger partial charge in [0.15, 0.2) is 0 Å². The van der Waals surface area contributed by atoms with Crippen LogP contribution in [0.1, 0.15) is 32.6 Å². The first-order valence-corrected chi connectivity index (χ1v) is 7.16. The molecule has 1 aromatic carbocycles. The lowest BCUT2D eigenvalue weighted by Gasteiger charge is -2.21. The Morgan fingerprint density at radius 2 is 1.80 bits per heavy atom. The molecule has 0 saturated heterocycles. The molecule has 112 valence electrons. The SMILES string of the molecule is Br.CCCCCCN1C=CN(c2ccc(OC)cc2)C1. The second-order valence-corrected chi connectivity index (χ2v) is 4.98. The molecule has 1 aliphatic rings. The Balaban J connectivity index is 0.00000200. The fourth-order valence-corrected chi connectivity index (χ4v) is 2.29. The van der Waals surface area contributed by atoms with Crippen LogP contribution in [-0.2, 0) is 0 Å². The molecule has 3 nitrogen and oxygen atoms in total. The quantitative estimate of drug-likeness (QED) is 0.684. The fraction of sp³-hybridized carbons (Fsp3) is 0.500. The molecule has 0 fully saturated rings. The van der Waals surface area contributed by atoms with Gasteiger partial charge in [-0.3, -0.25) is 0 Å². The third kappa shape index (κ3) is 4.75. The van der Waals surface area contributed by atoms with Crippen molar-refractivity contribution in [3.05, 3.63) is 36.7 Å². The highest BCUT2D eigenvalue weighted by Crippen LogP contribution is 2.22. The first kappa shape index (κ1) is 16.9. The highest BCUT2D eigenvalue weighted by Gasteiger charge is 2.13. The number of hydrogen-bond donors (Lipinski definition) is 0. The zero-order valence-electron chi connectivity index (χ0n) is 12.4. The highest BCUT2D eigenvalue weighted by atomic mass is 79.9. The number of unbranched alkanes of at least 4 members (excludes halogenated alkanes) is 3. The van der Waals surface area contributed by atoms with Crippen molar-refractivity contribution in [3.8, 4) is 5.75 Å². The van der Waals surface area contributed by atoms with Crippen LogP contribution in [0.15, 0.2) is 36.7 Å². The second kappa shape index (κ2) is 8.90. The summed E-state index contributed by atoms with van der Waals surface area (Å²) in [5.41, 5.74) is 1.22. The zero-order valence-corrected chi connectivity index (χ0v) is 14.1. The third-order valence-electron chi connectivity index (χ3n) is 3.49. The largest absolute Gasteiger partial charge is 0.497 e. The van der Waals surface area contributed by atoms with Crippen LogP contribution in [-0.4, -0.2) is 25.2 Å². The lowest BCUT2D eigenvalue weighted by atomic mass is 10.2.